The second-order valence-electron chi connectivity index (χ2n) is 8.33. The summed E-state index contributed by atoms with van der Waals surface area (Å²) in [6.45, 7) is 5.19. The monoisotopic (exact) mass is 500 g/mol. The molecule has 1 atom stereocenters. The zero-order valence-electron chi connectivity index (χ0n) is 18.9. The van der Waals surface area contributed by atoms with Gasteiger partial charge in [0.1, 0.15) is 28.6 Å². The van der Waals surface area contributed by atoms with Gasteiger partial charge in [0.25, 0.3) is 10.1 Å². The Labute approximate surface area is 199 Å². The maximum Gasteiger partial charge on any atom is 0.339 e. The minimum absolute atomic E-state index is 0.0575. The lowest BCUT2D eigenvalue weighted by Gasteiger charge is -2.31. The van der Waals surface area contributed by atoms with E-state index in [-0.39, 0.29) is 22.1 Å². The molecule has 1 aliphatic rings. The van der Waals surface area contributed by atoms with Crippen molar-refractivity contribution in [1.82, 2.24) is 0 Å². The van der Waals surface area contributed by atoms with Crippen molar-refractivity contribution in [3.05, 3.63) is 89.5 Å². The van der Waals surface area contributed by atoms with Gasteiger partial charge in [0, 0.05) is 5.56 Å². The van der Waals surface area contributed by atoms with Crippen molar-refractivity contribution in [2.24, 2.45) is 0 Å². The molecule has 0 radical (unpaired) electrons. The normalized spacial score (nSPS) is 17.6. The van der Waals surface area contributed by atoms with Crippen LogP contribution in [0.15, 0.2) is 82.6 Å². The van der Waals surface area contributed by atoms with Gasteiger partial charge in [0.15, 0.2) is 0 Å². The molecule has 4 rings (SSSR count). The van der Waals surface area contributed by atoms with Crippen LogP contribution in [0.4, 0.5) is 0 Å². The van der Waals surface area contributed by atoms with Crippen molar-refractivity contribution in [1.29, 1.82) is 0 Å². The van der Waals surface area contributed by atoms with E-state index in [2.05, 4.69) is 0 Å². The zero-order valence-corrected chi connectivity index (χ0v) is 20.5. The van der Waals surface area contributed by atoms with Gasteiger partial charge in [0.05, 0.1) is 4.90 Å². The summed E-state index contributed by atoms with van der Waals surface area (Å²) in [7, 11) is -7.93. The number of hydrogen-bond donors (Lipinski definition) is 0. The third kappa shape index (κ3) is 5.32. The lowest BCUT2D eigenvalue weighted by molar-refractivity contribution is 0.0783. The molecule has 0 fully saturated rings. The summed E-state index contributed by atoms with van der Waals surface area (Å²) in [5.74, 6) is 0.579. The minimum atomic E-state index is -3.99. The van der Waals surface area contributed by atoms with Crippen LogP contribution in [0.3, 0.4) is 0 Å². The fraction of sp³-hybridized carbons (Fsp3) is 0.200. The van der Waals surface area contributed by atoms with E-state index in [9.17, 15) is 16.8 Å². The van der Waals surface area contributed by atoms with Gasteiger partial charge >= 0.3 is 10.1 Å². The van der Waals surface area contributed by atoms with Gasteiger partial charge in [-0.3, -0.25) is 4.18 Å². The maximum absolute atomic E-state index is 12.6. The molecule has 0 spiro atoms. The molecule has 0 unspecified atom stereocenters. The average molecular weight is 501 g/mol. The summed E-state index contributed by atoms with van der Waals surface area (Å²) < 4.78 is 66.6. The Hall–Kier alpha value is -3.14. The molecule has 0 aromatic heterocycles. The molecule has 1 aliphatic heterocycles. The van der Waals surface area contributed by atoms with E-state index in [0.717, 1.165) is 11.1 Å². The Morgan fingerprint density at radius 2 is 1.35 bits per heavy atom. The summed E-state index contributed by atoms with van der Waals surface area (Å²) >= 11 is 0. The highest BCUT2D eigenvalue weighted by molar-refractivity contribution is 7.87. The lowest BCUT2D eigenvalue weighted by Crippen LogP contribution is -2.38. The Balaban J connectivity index is 1.47. The highest BCUT2D eigenvalue weighted by atomic mass is 32.2. The molecule has 178 valence electrons. The van der Waals surface area contributed by atoms with Gasteiger partial charge in [0.2, 0.25) is 0 Å². The van der Waals surface area contributed by atoms with Crippen molar-refractivity contribution in [3.63, 3.8) is 0 Å². The average Bonchev–Trinajstić information content (AvgIpc) is 2.78. The highest BCUT2D eigenvalue weighted by Gasteiger charge is 2.31. The summed E-state index contributed by atoms with van der Waals surface area (Å²) in [5, 5.41) is 0. The lowest BCUT2D eigenvalue weighted by atomic mass is 10.0. The summed E-state index contributed by atoms with van der Waals surface area (Å²) in [6.07, 6.45) is 3.38. The molecule has 0 aliphatic carbocycles. The molecule has 0 saturated carbocycles. The standard InChI is InChI=1S/C25H24O7S2/c1-18-4-9-22(10-5-18)33(26,27)30-17-25(3)15-14-20-16-21(8-13-24(20)31-25)32-34(28,29)23-11-6-19(2)7-12-23/h4-16H,17H2,1-3H3/t25-/m1/s1. The first-order valence-corrected chi connectivity index (χ1v) is 13.3. The maximum atomic E-state index is 12.6. The first-order valence-electron chi connectivity index (χ1n) is 10.5. The molecule has 1 heterocycles. The second kappa shape index (κ2) is 8.90. The third-order valence-corrected chi connectivity index (χ3v) is 7.80. The van der Waals surface area contributed by atoms with Gasteiger partial charge in [-0.1, -0.05) is 41.5 Å². The zero-order chi connectivity index (χ0) is 24.6. The molecule has 0 amide bonds. The predicted molar refractivity (Wildman–Crippen MR) is 128 cm³/mol. The number of ether oxygens (including phenoxy) is 1. The van der Waals surface area contributed by atoms with Crippen LogP contribution in [0, 0.1) is 13.8 Å². The molecular formula is C25H24O7S2. The molecule has 3 aromatic carbocycles. The van der Waals surface area contributed by atoms with E-state index >= 15 is 0 Å². The predicted octanol–water partition coefficient (Wildman–Crippen LogP) is 4.64. The van der Waals surface area contributed by atoms with Gasteiger partial charge < -0.3 is 8.92 Å². The van der Waals surface area contributed by atoms with Crippen LogP contribution in [-0.2, 0) is 24.4 Å². The number of fused-ring (bicyclic) bond motifs is 1. The topological polar surface area (TPSA) is 96.0 Å². The third-order valence-electron chi connectivity index (χ3n) is 5.27. The quantitative estimate of drug-likeness (QED) is 0.436. The van der Waals surface area contributed by atoms with E-state index in [0.29, 0.717) is 11.3 Å². The van der Waals surface area contributed by atoms with Gasteiger partial charge in [-0.2, -0.15) is 16.8 Å². The van der Waals surface area contributed by atoms with E-state index in [1.807, 2.05) is 13.8 Å². The van der Waals surface area contributed by atoms with E-state index in [1.165, 1.54) is 30.3 Å². The van der Waals surface area contributed by atoms with Crippen molar-refractivity contribution in [2.45, 2.75) is 36.2 Å². The Bertz CT molecular complexity index is 1440. The molecule has 7 nitrogen and oxygen atoms in total. The summed E-state index contributed by atoms with van der Waals surface area (Å²) in [4.78, 5) is 0.126. The fourth-order valence-electron chi connectivity index (χ4n) is 3.28. The van der Waals surface area contributed by atoms with Crippen LogP contribution in [0.25, 0.3) is 6.08 Å². The van der Waals surface area contributed by atoms with Crippen LogP contribution in [0.2, 0.25) is 0 Å². The minimum Gasteiger partial charge on any atom is -0.480 e. The molecule has 34 heavy (non-hydrogen) atoms. The number of rotatable bonds is 7. The van der Waals surface area contributed by atoms with Crippen molar-refractivity contribution < 1.29 is 29.9 Å². The van der Waals surface area contributed by atoms with E-state index < -0.39 is 25.8 Å². The molecule has 0 N–H and O–H groups in total. The fourth-order valence-corrected chi connectivity index (χ4v) is 5.20. The summed E-state index contributed by atoms with van der Waals surface area (Å²) in [6, 6.07) is 17.3. The van der Waals surface area contributed by atoms with Gasteiger partial charge in [-0.15, -0.1) is 0 Å². The summed E-state index contributed by atoms with van der Waals surface area (Å²) in [5.41, 5.74) is 1.43. The van der Waals surface area contributed by atoms with Gasteiger partial charge in [-0.25, -0.2) is 0 Å². The first-order chi connectivity index (χ1) is 16.0. The van der Waals surface area contributed by atoms with Crippen LogP contribution in [0.5, 0.6) is 11.5 Å². The smallest absolute Gasteiger partial charge is 0.339 e. The number of hydrogen-bond acceptors (Lipinski definition) is 7. The molecule has 3 aromatic rings. The van der Waals surface area contributed by atoms with Crippen molar-refractivity contribution in [2.75, 3.05) is 6.61 Å². The van der Waals surface area contributed by atoms with Crippen molar-refractivity contribution in [3.8, 4) is 11.5 Å². The van der Waals surface area contributed by atoms with Crippen LogP contribution in [0.1, 0.15) is 23.6 Å². The Morgan fingerprint density at radius 3 is 1.94 bits per heavy atom. The SMILES string of the molecule is Cc1ccc(S(=O)(=O)OC[C@@]2(C)C=Cc3cc(OS(=O)(=O)c4ccc(C)cc4)ccc3O2)cc1. The molecule has 0 saturated heterocycles. The van der Waals surface area contributed by atoms with Crippen molar-refractivity contribution >= 4 is 26.3 Å². The van der Waals surface area contributed by atoms with Gasteiger partial charge in [-0.05, 0) is 69.3 Å². The van der Waals surface area contributed by atoms with Crippen LogP contribution in [-0.4, -0.2) is 29.0 Å². The Morgan fingerprint density at radius 1 is 0.794 bits per heavy atom. The van der Waals surface area contributed by atoms with E-state index in [4.69, 9.17) is 13.1 Å². The van der Waals surface area contributed by atoms with Crippen LogP contribution < -0.4 is 8.92 Å². The molecule has 9 heteroatoms. The van der Waals surface area contributed by atoms with E-state index in [1.54, 1.807) is 55.5 Å². The second-order valence-corrected chi connectivity index (χ2v) is 11.5. The highest BCUT2D eigenvalue weighted by Crippen LogP contribution is 2.35. The largest absolute Gasteiger partial charge is 0.480 e. The molecule has 0 bridgehead atoms. The molecular weight excluding hydrogens is 476 g/mol. The van der Waals surface area contributed by atoms with Crippen LogP contribution >= 0.6 is 0 Å². The number of aryl methyl sites for hydroxylation is 2. The Kier molecular flexibility index (Phi) is 6.28. The first kappa shape index (κ1) is 24.0. The number of benzene rings is 3.